The van der Waals surface area contributed by atoms with E-state index in [0.717, 1.165) is 23.0 Å². The van der Waals surface area contributed by atoms with Crippen LogP contribution in [0.3, 0.4) is 0 Å². The van der Waals surface area contributed by atoms with Crippen molar-refractivity contribution in [2.75, 3.05) is 35.9 Å². The molecular weight excluding hydrogens is 498 g/mol. The Hall–Kier alpha value is -3.23. The van der Waals surface area contributed by atoms with Crippen LogP contribution in [0.5, 0.6) is 5.75 Å². The Kier molecular flexibility index (Phi) is 8.38. The lowest BCUT2D eigenvalue weighted by Gasteiger charge is -2.29. The van der Waals surface area contributed by atoms with Gasteiger partial charge in [0.25, 0.3) is 10.0 Å². The fraction of sp³-hybridized carbons (Fsp3) is 0.296. The van der Waals surface area contributed by atoms with E-state index < -0.39 is 22.5 Å². The number of sulfonamides is 1. The topological polar surface area (TPSA) is 79.0 Å². The first-order chi connectivity index (χ1) is 17.4. The van der Waals surface area contributed by atoms with Gasteiger partial charge in [-0.3, -0.25) is 9.10 Å². The van der Waals surface area contributed by atoms with Gasteiger partial charge in [-0.15, -0.1) is 0 Å². The molecule has 0 aromatic heterocycles. The SMILES string of the molecule is COc1ccc(Cl)cc1N(CC(=O)NCc1ccc(N2CCCCC2)cc1)S(=O)(=O)c1ccccc1. The maximum absolute atomic E-state index is 13.6. The minimum Gasteiger partial charge on any atom is -0.495 e. The van der Waals surface area contributed by atoms with E-state index >= 15 is 0 Å². The van der Waals surface area contributed by atoms with Crippen molar-refractivity contribution in [2.24, 2.45) is 0 Å². The normalized spacial score (nSPS) is 13.8. The van der Waals surface area contributed by atoms with Gasteiger partial charge in [-0.1, -0.05) is 41.9 Å². The minimum atomic E-state index is -4.07. The molecule has 7 nitrogen and oxygen atoms in total. The van der Waals surface area contributed by atoms with Gasteiger partial charge in [0.1, 0.15) is 12.3 Å². The summed E-state index contributed by atoms with van der Waals surface area (Å²) in [5.41, 5.74) is 2.30. The van der Waals surface area contributed by atoms with Gasteiger partial charge in [0, 0.05) is 30.3 Å². The second-order valence-electron chi connectivity index (χ2n) is 8.63. The van der Waals surface area contributed by atoms with E-state index in [1.54, 1.807) is 30.3 Å². The second-order valence-corrected chi connectivity index (χ2v) is 10.9. The van der Waals surface area contributed by atoms with Crippen LogP contribution in [0.1, 0.15) is 24.8 Å². The van der Waals surface area contributed by atoms with E-state index in [1.807, 2.05) is 12.1 Å². The van der Waals surface area contributed by atoms with Crippen molar-refractivity contribution in [1.29, 1.82) is 0 Å². The molecule has 1 saturated heterocycles. The van der Waals surface area contributed by atoms with Crippen LogP contribution >= 0.6 is 11.6 Å². The molecule has 4 rings (SSSR count). The third kappa shape index (κ3) is 6.12. The number of ether oxygens (including phenoxy) is 1. The summed E-state index contributed by atoms with van der Waals surface area (Å²) in [6, 6.07) is 20.7. The maximum Gasteiger partial charge on any atom is 0.264 e. The standard InChI is InChI=1S/C27H30ClN3O4S/c1-35-26-15-12-22(28)18-25(26)31(36(33,34)24-8-4-2-5-9-24)20-27(32)29-19-21-10-13-23(14-11-21)30-16-6-3-7-17-30/h2,4-5,8-15,18H,3,6-7,16-17,19-20H2,1H3,(H,29,32). The number of methoxy groups -OCH3 is 1. The molecule has 3 aromatic rings. The van der Waals surface area contributed by atoms with Crippen molar-refractivity contribution in [2.45, 2.75) is 30.7 Å². The predicted octanol–water partition coefficient (Wildman–Crippen LogP) is 4.85. The van der Waals surface area contributed by atoms with Gasteiger partial charge in [-0.2, -0.15) is 0 Å². The molecule has 9 heteroatoms. The number of hydrogen-bond donors (Lipinski definition) is 1. The molecule has 1 N–H and O–H groups in total. The number of nitrogens with one attached hydrogen (secondary N) is 1. The van der Waals surface area contributed by atoms with Crippen molar-refractivity contribution in [1.82, 2.24) is 5.32 Å². The van der Waals surface area contributed by atoms with Crippen molar-refractivity contribution in [3.8, 4) is 5.75 Å². The van der Waals surface area contributed by atoms with Crippen LogP contribution in [0.15, 0.2) is 77.7 Å². The summed E-state index contributed by atoms with van der Waals surface area (Å²) in [6.45, 7) is 1.98. The molecule has 0 radical (unpaired) electrons. The lowest BCUT2D eigenvalue weighted by molar-refractivity contribution is -0.119. The number of nitrogens with zero attached hydrogens (tertiary/aromatic N) is 2. The number of carbonyl (C=O) groups is 1. The smallest absolute Gasteiger partial charge is 0.264 e. The minimum absolute atomic E-state index is 0.0631. The average molecular weight is 528 g/mol. The summed E-state index contributed by atoms with van der Waals surface area (Å²) in [5.74, 6) is -0.156. The molecule has 190 valence electrons. The zero-order valence-electron chi connectivity index (χ0n) is 20.2. The highest BCUT2D eigenvalue weighted by Gasteiger charge is 2.29. The zero-order valence-corrected chi connectivity index (χ0v) is 21.8. The Morgan fingerprint density at radius 1 is 1.00 bits per heavy atom. The van der Waals surface area contributed by atoms with Crippen LogP contribution in [-0.4, -0.2) is 41.1 Å². The van der Waals surface area contributed by atoms with E-state index in [-0.39, 0.29) is 17.1 Å². The van der Waals surface area contributed by atoms with Crippen LogP contribution < -0.4 is 19.3 Å². The number of rotatable bonds is 9. The summed E-state index contributed by atoms with van der Waals surface area (Å²) >= 11 is 6.18. The highest BCUT2D eigenvalue weighted by molar-refractivity contribution is 7.92. The molecule has 0 saturated carbocycles. The van der Waals surface area contributed by atoms with Gasteiger partial charge < -0.3 is 15.0 Å². The summed E-state index contributed by atoms with van der Waals surface area (Å²) in [7, 11) is -2.63. The molecule has 1 heterocycles. The Labute approximate surface area is 217 Å². The lowest BCUT2D eigenvalue weighted by atomic mass is 10.1. The number of piperidine rings is 1. The molecule has 1 aliphatic heterocycles. The van der Waals surface area contributed by atoms with Crippen LogP contribution in [0.4, 0.5) is 11.4 Å². The number of anilines is 2. The largest absolute Gasteiger partial charge is 0.495 e. The van der Waals surface area contributed by atoms with Crippen LogP contribution in [0.2, 0.25) is 5.02 Å². The fourth-order valence-electron chi connectivity index (χ4n) is 4.24. The molecule has 36 heavy (non-hydrogen) atoms. The van der Waals surface area contributed by atoms with Gasteiger partial charge in [0.2, 0.25) is 5.91 Å². The van der Waals surface area contributed by atoms with Crippen molar-refractivity contribution in [3.05, 3.63) is 83.4 Å². The molecule has 0 aliphatic carbocycles. The van der Waals surface area contributed by atoms with Crippen LogP contribution in [-0.2, 0) is 21.4 Å². The van der Waals surface area contributed by atoms with Crippen molar-refractivity contribution >= 4 is 38.9 Å². The molecular formula is C27H30ClN3O4S. The predicted molar refractivity (Wildman–Crippen MR) is 143 cm³/mol. The maximum atomic E-state index is 13.6. The first kappa shape index (κ1) is 25.9. The molecule has 3 aromatic carbocycles. The molecule has 0 atom stereocenters. The first-order valence-corrected chi connectivity index (χ1v) is 13.7. The second kappa shape index (κ2) is 11.7. The zero-order chi connectivity index (χ0) is 25.5. The fourth-order valence-corrected chi connectivity index (χ4v) is 5.85. The number of benzene rings is 3. The first-order valence-electron chi connectivity index (χ1n) is 11.9. The average Bonchev–Trinajstić information content (AvgIpc) is 2.91. The highest BCUT2D eigenvalue weighted by Crippen LogP contribution is 2.34. The third-order valence-corrected chi connectivity index (χ3v) is 8.18. The van der Waals surface area contributed by atoms with Crippen LogP contribution in [0, 0.1) is 0 Å². The molecule has 1 fully saturated rings. The van der Waals surface area contributed by atoms with Gasteiger partial charge in [0.05, 0.1) is 17.7 Å². The summed E-state index contributed by atoms with van der Waals surface area (Å²) < 4.78 is 33.5. The molecule has 1 aliphatic rings. The van der Waals surface area contributed by atoms with E-state index in [2.05, 4.69) is 22.3 Å². The molecule has 0 spiro atoms. The molecule has 1 amide bonds. The monoisotopic (exact) mass is 527 g/mol. The molecule has 0 unspecified atom stereocenters. The van der Waals surface area contributed by atoms with Gasteiger partial charge in [0.15, 0.2) is 0 Å². The number of amides is 1. The van der Waals surface area contributed by atoms with Gasteiger partial charge in [-0.05, 0) is 67.3 Å². The number of hydrogen-bond acceptors (Lipinski definition) is 5. The number of halogens is 1. The van der Waals surface area contributed by atoms with Crippen LogP contribution in [0.25, 0.3) is 0 Å². The third-order valence-electron chi connectivity index (χ3n) is 6.18. The lowest BCUT2D eigenvalue weighted by Crippen LogP contribution is -2.40. The van der Waals surface area contributed by atoms with E-state index in [4.69, 9.17) is 16.3 Å². The van der Waals surface area contributed by atoms with E-state index in [1.165, 1.54) is 50.3 Å². The summed E-state index contributed by atoms with van der Waals surface area (Å²) in [6.07, 6.45) is 3.69. The number of carbonyl (C=O) groups excluding carboxylic acids is 1. The van der Waals surface area contributed by atoms with E-state index in [0.29, 0.717) is 10.8 Å². The summed E-state index contributed by atoms with van der Waals surface area (Å²) in [4.78, 5) is 15.4. The van der Waals surface area contributed by atoms with E-state index in [9.17, 15) is 13.2 Å². The van der Waals surface area contributed by atoms with Crippen molar-refractivity contribution < 1.29 is 17.9 Å². The quantitative estimate of drug-likeness (QED) is 0.430. The van der Waals surface area contributed by atoms with Crippen molar-refractivity contribution in [3.63, 3.8) is 0 Å². The van der Waals surface area contributed by atoms with Gasteiger partial charge >= 0.3 is 0 Å². The summed E-state index contributed by atoms with van der Waals surface area (Å²) in [5, 5.41) is 3.17. The Balaban J connectivity index is 1.51. The highest BCUT2D eigenvalue weighted by atomic mass is 35.5. The Morgan fingerprint density at radius 3 is 2.36 bits per heavy atom. The Morgan fingerprint density at radius 2 is 1.69 bits per heavy atom. The Bertz CT molecular complexity index is 1280. The molecule has 0 bridgehead atoms. The van der Waals surface area contributed by atoms with Gasteiger partial charge in [-0.25, -0.2) is 8.42 Å².